The maximum absolute atomic E-state index is 12.8. The summed E-state index contributed by atoms with van der Waals surface area (Å²) >= 11 is 6.09. The number of nitrogens with two attached hydrogens (primary N) is 1. The minimum Gasteiger partial charge on any atom is -0.326 e. The molecular weight excluding hydrogens is 310 g/mol. The third-order valence-electron chi connectivity index (χ3n) is 4.05. The molecule has 1 heterocycles. The average molecular weight is 332 g/mol. The molecule has 2 atom stereocenters. The predicted octanol–water partition coefficient (Wildman–Crippen LogP) is 1.37. The Morgan fingerprint density at radius 2 is 2.05 bits per heavy atom. The van der Waals surface area contributed by atoms with E-state index < -0.39 is 10.0 Å². The fraction of sp³-hybridized carbons (Fsp3) is 0.571. The van der Waals surface area contributed by atoms with Crippen LogP contribution in [0.5, 0.6) is 0 Å². The lowest BCUT2D eigenvalue weighted by atomic mass is 10.1. The van der Waals surface area contributed by atoms with Gasteiger partial charge in [0.15, 0.2) is 0 Å². The summed E-state index contributed by atoms with van der Waals surface area (Å²) < 4.78 is 27.2. The molecule has 1 aliphatic heterocycles. The van der Waals surface area contributed by atoms with Crippen molar-refractivity contribution in [3.8, 4) is 0 Å². The van der Waals surface area contributed by atoms with E-state index in [1.54, 1.807) is 18.2 Å². The summed E-state index contributed by atoms with van der Waals surface area (Å²) in [7, 11) is 0.361. The van der Waals surface area contributed by atoms with Crippen LogP contribution >= 0.6 is 11.6 Å². The van der Waals surface area contributed by atoms with Gasteiger partial charge in [-0.1, -0.05) is 24.6 Å². The maximum atomic E-state index is 12.8. The molecule has 0 aromatic heterocycles. The molecule has 1 aliphatic rings. The second-order valence-electron chi connectivity index (χ2n) is 5.80. The highest BCUT2D eigenvalue weighted by atomic mass is 35.5. The van der Waals surface area contributed by atoms with Gasteiger partial charge in [-0.25, -0.2) is 8.42 Å². The molecule has 2 unspecified atom stereocenters. The van der Waals surface area contributed by atoms with Crippen molar-refractivity contribution in [2.75, 3.05) is 27.2 Å². The Balaban J connectivity index is 2.35. The molecule has 0 saturated carbocycles. The first kappa shape index (κ1) is 16.7. The SMILES string of the molecule is CC1CN(S(=O)(=O)c2cc(CN)ccc2Cl)CC1N(C)C. The molecule has 0 bridgehead atoms. The smallest absolute Gasteiger partial charge is 0.244 e. The number of rotatable bonds is 4. The summed E-state index contributed by atoms with van der Waals surface area (Å²) in [6, 6.07) is 5.14. The average Bonchev–Trinajstić information content (AvgIpc) is 2.82. The van der Waals surface area contributed by atoms with E-state index in [2.05, 4.69) is 11.8 Å². The minimum absolute atomic E-state index is 0.152. The van der Waals surface area contributed by atoms with Crippen molar-refractivity contribution in [1.29, 1.82) is 0 Å². The number of hydrogen-bond donors (Lipinski definition) is 1. The van der Waals surface area contributed by atoms with Crippen molar-refractivity contribution in [2.45, 2.75) is 24.4 Å². The molecule has 0 amide bonds. The van der Waals surface area contributed by atoms with E-state index in [1.807, 2.05) is 14.1 Å². The minimum atomic E-state index is -3.58. The van der Waals surface area contributed by atoms with E-state index in [9.17, 15) is 8.42 Å². The molecule has 0 radical (unpaired) electrons. The summed E-state index contributed by atoms with van der Waals surface area (Å²) in [5.41, 5.74) is 6.35. The van der Waals surface area contributed by atoms with Crippen LogP contribution in [0.25, 0.3) is 0 Å². The third kappa shape index (κ3) is 3.24. The number of sulfonamides is 1. The fourth-order valence-electron chi connectivity index (χ4n) is 2.79. The molecule has 1 aromatic rings. The molecule has 1 fully saturated rings. The number of halogens is 1. The molecule has 1 saturated heterocycles. The summed E-state index contributed by atoms with van der Waals surface area (Å²) in [4.78, 5) is 2.22. The van der Waals surface area contributed by atoms with Crippen LogP contribution < -0.4 is 5.73 Å². The Labute approximate surface area is 131 Å². The summed E-state index contributed by atoms with van der Waals surface area (Å²) in [6.45, 7) is 3.35. The van der Waals surface area contributed by atoms with Crippen LogP contribution in [0, 0.1) is 5.92 Å². The van der Waals surface area contributed by atoms with Crippen LogP contribution in [0.3, 0.4) is 0 Å². The fourth-order valence-corrected chi connectivity index (χ4v) is 4.87. The Morgan fingerprint density at radius 1 is 1.38 bits per heavy atom. The molecule has 21 heavy (non-hydrogen) atoms. The van der Waals surface area contributed by atoms with Crippen LogP contribution in [-0.4, -0.2) is 50.8 Å². The van der Waals surface area contributed by atoms with Gasteiger partial charge in [0.05, 0.1) is 5.02 Å². The highest BCUT2D eigenvalue weighted by Crippen LogP contribution is 2.30. The second-order valence-corrected chi connectivity index (χ2v) is 8.11. The van der Waals surface area contributed by atoms with E-state index in [-0.39, 0.29) is 28.4 Å². The van der Waals surface area contributed by atoms with Gasteiger partial charge in [-0.3, -0.25) is 0 Å². The van der Waals surface area contributed by atoms with E-state index in [0.717, 1.165) is 5.56 Å². The van der Waals surface area contributed by atoms with Crippen LogP contribution in [0.2, 0.25) is 5.02 Å². The highest BCUT2D eigenvalue weighted by Gasteiger charge is 2.38. The van der Waals surface area contributed by atoms with Crippen molar-refractivity contribution in [3.05, 3.63) is 28.8 Å². The molecule has 2 N–H and O–H groups in total. The standard InChI is InChI=1S/C14H22ClN3O2S/c1-10-8-18(9-13(10)17(2)3)21(19,20)14-6-11(7-16)4-5-12(14)15/h4-6,10,13H,7-9,16H2,1-3H3. The first-order valence-corrected chi connectivity index (χ1v) is 8.74. The monoisotopic (exact) mass is 331 g/mol. The molecule has 0 aliphatic carbocycles. The molecule has 7 heteroatoms. The summed E-state index contributed by atoms with van der Waals surface area (Å²) in [5.74, 6) is 0.284. The van der Waals surface area contributed by atoms with Gasteiger partial charge in [-0.15, -0.1) is 0 Å². The lowest BCUT2D eigenvalue weighted by Gasteiger charge is -2.22. The van der Waals surface area contributed by atoms with Gasteiger partial charge >= 0.3 is 0 Å². The number of hydrogen-bond acceptors (Lipinski definition) is 4. The Kier molecular flexibility index (Phi) is 4.95. The first-order valence-electron chi connectivity index (χ1n) is 6.92. The Bertz CT molecular complexity index is 619. The second kappa shape index (κ2) is 6.22. The Hall–Kier alpha value is -0.660. The first-order chi connectivity index (χ1) is 9.77. The predicted molar refractivity (Wildman–Crippen MR) is 84.7 cm³/mol. The van der Waals surface area contributed by atoms with Crippen molar-refractivity contribution in [2.24, 2.45) is 11.7 Å². The third-order valence-corrected chi connectivity index (χ3v) is 6.36. The zero-order chi connectivity index (χ0) is 15.8. The Morgan fingerprint density at radius 3 is 2.57 bits per heavy atom. The van der Waals surface area contributed by atoms with Crippen LogP contribution in [-0.2, 0) is 16.6 Å². The van der Waals surface area contributed by atoms with Crippen molar-refractivity contribution >= 4 is 21.6 Å². The van der Waals surface area contributed by atoms with Gasteiger partial charge < -0.3 is 10.6 Å². The topological polar surface area (TPSA) is 66.6 Å². The van der Waals surface area contributed by atoms with Gasteiger partial charge in [0.2, 0.25) is 10.0 Å². The van der Waals surface area contributed by atoms with Crippen LogP contribution in [0.1, 0.15) is 12.5 Å². The molecular formula is C14H22ClN3O2S. The zero-order valence-electron chi connectivity index (χ0n) is 12.6. The maximum Gasteiger partial charge on any atom is 0.244 e. The molecule has 0 spiro atoms. The molecule has 2 rings (SSSR count). The highest BCUT2D eigenvalue weighted by molar-refractivity contribution is 7.89. The van der Waals surface area contributed by atoms with E-state index in [4.69, 9.17) is 17.3 Å². The molecule has 118 valence electrons. The van der Waals surface area contributed by atoms with Crippen LogP contribution in [0.15, 0.2) is 23.1 Å². The largest absolute Gasteiger partial charge is 0.326 e. The van der Waals surface area contributed by atoms with Gasteiger partial charge in [0.1, 0.15) is 4.90 Å². The van der Waals surface area contributed by atoms with E-state index in [0.29, 0.717) is 13.1 Å². The van der Waals surface area contributed by atoms with Gasteiger partial charge in [-0.05, 0) is 37.7 Å². The normalized spacial score (nSPS) is 23.9. The lowest BCUT2D eigenvalue weighted by molar-refractivity contribution is 0.263. The van der Waals surface area contributed by atoms with Gasteiger partial charge in [-0.2, -0.15) is 4.31 Å². The van der Waals surface area contributed by atoms with E-state index in [1.165, 1.54) is 4.31 Å². The summed E-state index contributed by atoms with van der Waals surface area (Å²) in [6.07, 6.45) is 0. The van der Waals surface area contributed by atoms with E-state index >= 15 is 0 Å². The van der Waals surface area contributed by atoms with Crippen LogP contribution in [0.4, 0.5) is 0 Å². The number of benzene rings is 1. The van der Waals surface area contributed by atoms with Gasteiger partial charge in [0, 0.05) is 25.7 Å². The quantitative estimate of drug-likeness (QED) is 0.905. The number of nitrogens with zero attached hydrogens (tertiary/aromatic N) is 2. The lowest BCUT2D eigenvalue weighted by Crippen LogP contribution is -2.35. The number of likely N-dealkylation sites (N-methyl/N-ethyl adjacent to an activating group) is 1. The van der Waals surface area contributed by atoms with Gasteiger partial charge in [0.25, 0.3) is 0 Å². The van der Waals surface area contributed by atoms with Crippen molar-refractivity contribution < 1.29 is 8.42 Å². The zero-order valence-corrected chi connectivity index (χ0v) is 14.2. The summed E-state index contributed by atoms with van der Waals surface area (Å²) in [5, 5.41) is 0.244. The van der Waals surface area contributed by atoms with Crippen molar-refractivity contribution in [1.82, 2.24) is 9.21 Å². The molecule has 5 nitrogen and oxygen atoms in total. The van der Waals surface area contributed by atoms with Crippen molar-refractivity contribution in [3.63, 3.8) is 0 Å². The molecule has 1 aromatic carbocycles.